The Morgan fingerprint density at radius 1 is 1.26 bits per heavy atom. The molecule has 0 spiro atoms. The number of benzene rings is 1. The van der Waals surface area contributed by atoms with Crippen molar-refractivity contribution in [2.24, 2.45) is 0 Å². The number of aromatic nitrogens is 3. The van der Waals surface area contributed by atoms with Crippen LogP contribution in [0, 0.1) is 5.82 Å². The summed E-state index contributed by atoms with van der Waals surface area (Å²) in [5, 5.41) is 3.85. The summed E-state index contributed by atoms with van der Waals surface area (Å²) < 4.78 is 29.6. The maximum atomic E-state index is 14.4. The number of carbonyl (C=O) groups excluding carboxylic acids is 1. The predicted molar refractivity (Wildman–Crippen MR) is 101 cm³/mol. The van der Waals surface area contributed by atoms with Crippen LogP contribution in [0.5, 0.6) is 0 Å². The van der Waals surface area contributed by atoms with Crippen molar-refractivity contribution < 1.29 is 13.6 Å². The molecule has 3 atom stereocenters. The molecule has 0 amide bonds. The highest BCUT2D eigenvalue weighted by atomic mass is 35.5. The summed E-state index contributed by atoms with van der Waals surface area (Å²) in [5.41, 5.74) is 2.09. The molecular weight excluding hydrogens is 392 g/mol. The van der Waals surface area contributed by atoms with E-state index < -0.39 is 11.4 Å². The first-order valence-electron chi connectivity index (χ1n) is 8.50. The predicted octanol–water partition coefficient (Wildman–Crippen LogP) is 4.97. The highest BCUT2D eigenvalue weighted by Crippen LogP contribution is 2.48. The monoisotopic (exact) mass is 407 g/mol. The number of halogens is 3. The zero-order chi connectivity index (χ0) is 19.1. The molecule has 1 fully saturated rings. The van der Waals surface area contributed by atoms with Gasteiger partial charge in [-0.15, -0.1) is 11.8 Å². The normalized spacial score (nSPS) is 22.4. The number of hydrogen-bond acceptors (Lipinski definition) is 4. The van der Waals surface area contributed by atoms with Gasteiger partial charge in [0.1, 0.15) is 17.7 Å². The smallest absolute Gasteiger partial charge is 0.272 e. The molecule has 27 heavy (non-hydrogen) atoms. The van der Waals surface area contributed by atoms with Crippen molar-refractivity contribution in [3.8, 4) is 0 Å². The largest absolute Gasteiger partial charge is 0.274 e. The van der Waals surface area contributed by atoms with E-state index in [2.05, 4.69) is 10.1 Å². The molecule has 1 aliphatic carbocycles. The summed E-state index contributed by atoms with van der Waals surface area (Å²) >= 11 is 7.11. The second kappa shape index (κ2) is 7.20. The van der Waals surface area contributed by atoms with Crippen LogP contribution in [0.3, 0.4) is 0 Å². The molecule has 0 bridgehead atoms. The highest BCUT2D eigenvalue weighted by molar-refractivity contribution is 7.98. The van der Waals surface area contributed by atoms with Crippen molar-refractivity contribution in [1.82, 2.24) is 14.6 Å². The lowest BCUT2D eigenvalue weighted by Crippen LogP contribution is -2.11. The molecule has 3 aromatic rings. The van der Waals surface area contributed by atoms with Gasteiger partial charge in [0.2, 0.25) is 0 Å². The molecule has 1 unspecified atom stereocenters. The van der Waals surface area contributed by atoms with Gasteiger partial charge in [-0.2, -0.15) is 5.10 Å². The summed E-state index contributed by atoms with van der Waals surface area (Å²) in [4.78, 5) is 16.6. The first-order chi connectivity index (χ1) is 13.0. The zero-order valence-corrected chi connectivity index (χ0v) is 16.0. The van der Waals surface area contributed by atoms with E-state index >= 15 is 0 Å². The van der Waals surface area contributed by atoms with Crippen LogP contribution in [-0.4, -0.2) is 32.3 Å². The summed E-state index contributed by atoms with van der Waals surface area (Å²) in [5.74, 6) is -0.753. The Hall–Kier alpha value is -1.99. The summed E-state index contributed by atoms with van der Waals surface area (Å²) in [6.45, 7) is 0. The van der Waals surface area contributed by atoms with Crippen LogP contribution in [0.15, 0.2) is 41.4 Å². The molecule has 4 nitrogen and oxygen atoms in total. The third kappa shape index (κ3) is 3.34. The molecule has 4 rings (SSSR count). The molecule has 1 aromatic carbocycles. The maximum Gasteiger partial charge on any atom is 0.272 e. The van der Waals surface area contributed by atoms with Crippen molar-refractivity contribution in [3.05, 3.63) is 59.3 Å². The number of nitrogens with zero attached hydrogens (tertiary/aromatic N) is 3. The first-order valence-corrected chi connectivity index (χ1v) is 10.1. The second-order valence-electron chi connectivity index (χ2n) is 6.61. The van der Waals surface area contributed by atoms with Crippen molar-refractivity contribution >= 4 is 34.3 Å². The fraction of sp³-hybridized carbons (Fsp3) is 0.316. The number of fused-ring (bicyclic) bond motifs is 1. The number of alkyl halides is 1. The van der Waals surface area contributed by atoms with E-state index in [1.807, 2.05) is 6.26 Å². The van der Waals surface area contributed by atoms with Gasteiger partial charge in [0.05, 0.1) is 11.9 Å². The van der Waals surface area contributed by atoms with E-state index in [-0.39, 0.29) is 23.3 Å². The third-order valence-electron chi connectivity index (χ3n) is 5.06. The lowest BCUT2D eigenvalue weighted by Gasteiger charge is -2.21. The van der Waals surface area contributed by atoms with Crippen LogP contribution >= 0.6 is 23.4 Å². The minimum absolute atomic E-state index is 0.162. The van der Waals surface area contributed by atoms with Gasteiger partial charge < -0.3 is 0 Å². The van der Waals surface area contributed by atoms with Gasteiger partial charge in [-0.3, -0.25) is 4.79 Å². The molecule has 2 aromatic heterocycles. The molecule has 2 heterocycles. The van der Waals surface area contributed by atoms with E-state index in [9.17, 15) is 13.6 Å². The van der Waals surface area contributed by atoms with Crippen LogP contribution in [0.1, 0.15) is 46.4 Å². The molecule has 0 aliphatic heterocycles. The number of carbonyl (C=O) groups is 1. The van der Waals surface area contributed by atoms with E-state index in [4.69, 9.17) is 11.6 Å². The third-order valence-corrected chi connectivity index (χ3v) is 6.07. The molecule has 140 valence electrons. The highest BCUT2D eigenvalue weighted by Gasteiger charge is 2.38. The lowest BCUT2D eigenvalue weighted by molar-refractivity contribution is 0.107. The van der Waals surface area contributed by atoms with Crippen LogP contribution < -0.4 is 0 Å². The fourth-order valence-corrected chi connectivity index (χ4v) is 4.64. The Bertz CT molecular complexity index is 1030. The van der Waals surface area contributed by atoms with Crippen molar-refractivity contribution in [2.75, 3.05) is 6.26 Å². The van der Waals surface area contributed by atoms with Gasteiger partial charge in [0.25, 0.3) is 5.24 Å². The van der Waals surface area contributed by atoms with Crippen LogP contribution in [-0.2, 0) is 0 Å². The summed E-state index contributed by atoms with van der Waals surface area (Å²) in [7, 11) is 0. The van der Waals surface area contributed by atoms with Gasteiger partial charge in [0, 0.05) is 10.8 Å². The van der Waals surface area contributed by atoms with Gasteiger partial charge in [-0.05, 0) is 72.5 Å². The molecule has 1 aliphatic rings. The Kier molecular flexibility index (Phi) is 4.90. The number of imidazole rings is 1. The Balaban J connectivity index is 1.80. The first kappa shape index (κ1) is 18.4. The molecule has 0 N–H and O–H groups in total. The minimum atomic E-state index is -0.993. The molecule has 8 heteroatoms. The summed E-state index contributed by atoms with van der Waals surface area (Å²) in [6.07, 6.45) is 2.90. The molecule has 0 radical (unpaired) electrons. The number of thioether (sulfide) groups is 1. The van der Waals surface area contributed by atoms with Crippen LogP contribution in [0.2, 0.25) is 0 Å². The van der Waals surface area contributed by atoms with Gasteiger partial charge in [-0.25, -0.2) is 18.3 Å². The SMILES string of the molecule is CSc1ccc(F)cc1[C@H]1C[C@H](F)CC1c1ccc2ncc(C(=O)Cl)n2n1. The van der Waals surface area contributed by atoms with Gasteiger partial charge in [0.15, 0.2) is 5.65 Å². The van der Waals surface area contributed by atoms with Crippen LogP contribution in [0.25, 0.3) is 5.65 Å². The van der Waals surface area contributed by atoms with Crippen molar-refractivity contribution in [3.63, 3.8) is 0 Å². The van der Waals surface area contributed by atoms with E-state index in [0.717, 1.165) is 10.5 Å². The maximum absolute atomic E-state index is 14.4. The molecule has 1 saturated carbocycles. The van der Waals surface area contributed by atoms with Crippen molar-refractivity contribution in [1.29, 1.82) is 0 Å². The second-order valence-corrected chi connectivity index (χ2v) is 7.80. The van der Waals surface area contributed by atoms with E-state index in [0.29, 0.717) is 24.2 Å². The lowest BCUT2D eigenvalue weighted by atomic mass is 9.86. The molecular formula is C19H16ClF2N3OS. The average molecular weight is 408 g/mol. The minimum Gasteiger partial charge on any atom is -0.274 e. The van der Waals surface area contributed by atoms with Gasteiger partial charge >= 0.3 is 0 Å². The number of rotatable bonds is 4. The average Bonchev–Trinajstić information content (AvgIpc) is 3.24. The zero-order valence-electron chi connectivity index (χ0n) is 14.4. The standard InChI is InChI=1S/C19H16ClF2N3OS/c1-27-17-4-2-10(21)6-14(17)12-7-11(22)8-13(12)15-3-5-18-23-9-16(19(20)26)25(18)24-15/h2-6,9,11-13H,7-8H2,1H3/t11-,12-,13?/m0/s1. The number of hydrogen-bond donors (Lipinski definition) is 0. The van der Waals surface area contributed by atoms with Crippen LogP contribution in [0.4, 0.5) is 8.78 Å². The van der Waals surface area contributed by atoms with E-state index in [1.165, 1.54) is 34.6 Å². The summed E-state index contributed by atoms with van der Waals surface area (Å²) in [6, 6.07) is 8.16. The van der Waals surface area contributed by atoms with Gasteiger partial charge in [-0.1, -0.05) is 0 Å². The molecule has 0 saturated heterocycles. The Morgan fingerprint density at radius 3 is 2.78 bits per heavy atom. The topological polar surface area (TPSA) is 47.3 Å². The van der Waals surface area contributed by atoms with E-state index in [1.54, 1.807) is 18.2 Å². The Morgan fingerprint density at radius 2 is 2.04 bits per heavy atom. The Labute approximate surface area is 163 Å². The quantitative estimate of drug-likeness (QED) is 0.452. The van der Waals surface area contributed by atoms with Crippen molar-refractivity contribution in [2.45, 2.75) is 35.7 Å². The fourth-order valence-electron chi connectivity index (χ4n) is 3.86.